The lowest BCUT2D eigenvalue weighted by molar-refractivity contribution is 0.0599. The molecular formula is C15H22O5. The number of hydrogen-bond donors (Lipinski definition) is 1. The third-order valence-electron chi connectivity index (χ3n) is 2.66. The molecule has 1 N–H and O–H groups in total. The van der Waals surface area contributed by atoms with Gasteiger partial charge in [0.15, 0.2) is 0 Å². The smallest absolute Gasteiger partial charge is 0.338 e. The maximum atomic E-state index is 11.6. The van der Waals surface area contributed by atoms with E-state index in [1.807, 2.05) is 0 Å². The van der Waals surface area contributed by atoms with E-state index in [-0.39, 0.29) is 12.7 Å². The number of methoxy groups -OCH3 is 1. The molecule has 5 nitrogen and oxygen atoms in total. The second kappa shape index (κ2) is 8.43. The summed E-state index contributed by atoms with van der Waals surface area (Å²) in [6.45, 7) is 4.29. The van der Waals surface area contributed by atoms with Crippen molar-refractivity contribution < 1.29 is 24.1 Å². The monoisotopic (exact) mass is 282 g/mol. The molecule has 0 aliphatic carbocycles. The minimum atomic E-state index is -0.451. The Morgan fingerprint density at radius 2 is 2.00 bits per heavy atom. The fourth-order valence-corrected chi connectivity index (χ4v) is 1.56. The van der Waals surface area contributed by atoms with Crippen LogP contribution in [0.5, 0.6) is 11.5 Å². The minimum absolute atomic E-state index is 0.103. The molecule has 0 bridgehead atoms. The van der Waals surface area contributed by atoms with E-state index in [4.69, 9.17) is 19.3 Å². The fourth-order valence-electron chi connectivity index (χ4n) is 1.56. The van der Waals surface area contributed by atoms with Crippen LogP contribution in [0.2, 0.25) is 0 Å². The largest absolute Gasteiger partial charge is 0.493 e. The van der Waals surface area contributed by atoms with Crippen LogP contribution in [0.3, 0.4) is 0 Å². The van der Waals surface area contributed by atoms with Gasteiger partial charge in [-0.15, -0.1) is 0 Å². The van der Waals surface area contributed by atoms with E-state index in [1.54, 1.807) is 25.1 Å². The second-order valence-corrected chi connectivity index (χ2v) is 4.50. The van der Waals surface area contributed by atoms with Crippen molar-refractivity contribution in [2.75, 3.05) is 20.3 Å². The van der Waals surface area contributed by atoms with E-state index >= 15 is 0 Å². The maximum absolute atomic E-state index is 11.6. The quantitative estimate of drug-likeness (QED) is 0.586. The fraction of sp³-hybridized carbons (Fsp3) is 0.533. The standard InChI is InChI=1S/C15H22O5/c1-4-5-6-19-13-7-12(15(17)18-3)8-14(9-13)20-11(2)10-16/h7-9,11,16H,4-6,10H2,1-3H3. The van der Waals surface area contributed by atoms with Gasteiger partial charge in [0.1, 0.15) is 17.6 Å². The van der Waals surface area contributed by atoms with Gasteiger partial charge < -0.3 is 19.3 Å². The van der Waals surface area contributed by atoms with Crippen molar-refractivity contribution in [2.45, 2.75) is 32.8 Å². The van der Waals surface area contributed by atoms with Crippen LogP contribution < -0.4 is 9.47 Å². The summed E-state index contributed by atoms with van der Waals surface area (Å²) in [4.78, 5) is 11.6. The summed E-state index contributed by atoms with van der Waals surface area (Å²) in [5, 5.41) is 9.02. The summed E-state index contributed by atoms with van der Waals surface area (Å²) >= 11 is 0. The van der Waals surface area contributed by atoms with Crippen molar-refractivity contribution in [3.05, 3.63) is 23.8 Å². The SMILES string of the molecule is CCCCOc1cc(OC(C)CO)cc(C(=O)OC)c1. The molecule has 0 saturated heterocycles. The minimum Gasteiger partial charge on any atom is -0.493 e. The van der Waals surface area contributed by atoms with Gasteiger partial charge in [0.05, 0.1) is 25.9 Å². The van der Waals surface area contributed by atoms with Crippen LogP contribution in [0.1, 0.15) is 37.0 Å². The molecule has 1 atom stereocenters. The molecule has 1 unspecified atom stereocenters. The molecule has 0 heterocycles. The van der Waals surface area contributed by atoms with E-state index in [1.165, 1.54) is 7.11 Å². The summed E-state index contributed by atoms with van der Waals surface area (Å²) in [7, 11) is 1.32. The highest BCUT2D eigenvalue weighted by Gasteiger charge is 2.12. The lowest BCUT2D eigenvalue weighted by Gasteiger charge is -2.14. The molecule has 20 heavy (non-hydrogen) atoms. The average molecular weight is 282 g/mol. The molecular weight excluding hydrogens is 260 g/mol. The van der Waals surface area contributed by atoms with Gasteiger partial charge in [-0.25, -0.2) is 4.79 Å². The molecule has 0 spiro atoms. The van der Waals surface area contributed by atoms with Crippen molar-refractivity contribution in [1.82, 2.24) is 0 Å². The van der Waals surface area contributed by atoms with Gasteiger partial charge in [0.2, 0.25) is 0 Å². The Balaban J connectivity index is 2.91. The molecule has 0 radical (unpaired) electrons. The lowest BCUT2D eigenvalue weighted by Crippen LogP contribution is -2.16. The van der Waals surface area contributed by atoms with Crippen LogP contribution in [-0.2, 0) is 4.74 Å². The highest BCUT2D eigenvalue weighted by molar-refractivity contribution is 5.90. The van der Waals surface area contributed by atoms with Crippen molar-refractivity contribution in [2.24, 2.45) is 0 Å². The summed E-state index contributed by atoms with van der Waals surface area (Å²) in [6.07, 6.45) is 1.61. The molecule has 0 amide bonds. The van der Waals surface area contributed by atoms with E-state index in [0.717, 1.165) is 12.8 Å². The Kier molecular flexibility index (Phi) is 6.87. The average Bonchev–Trinajstić information content (AvgIpc) is 2.46. The van der Waals surface area contributed by atoms with Crippen LogP contribution in [0.15, 0.2) is 18.2 Å². The van der Waals surface area contributed by atoms with Gasteiger partial charge >= 0.3 is 5.97 Å². The van der Waals surface area contributed by atoms with Gasteiger partial charge in [-0.05, 0) is 25.5 Å². The zero-order valence-electron chi connectivity index (χ0n) is 12.2. The molecule has 0 aromatic heterocycles. The Bertz CT molecular complexity index is 430. The molecule has 1 aromatic rings. The predicted octanol–water partition coefficient (Wildman–Crippen LogP) is 2.41. The first-order chi connectivity index (χ1) is 9.60. The number of ether oxygens (including phenoxy) is 3. The highest BCUT2D eigenvalue weighted by Crippen LogP contribution is 2.24. The normalized spacial score (nSPS) is 11.8. The third-order valence-corrected chi connectivity index (χ3v) is 2.66. The van der Waals surface area contributed by atoms with Crippen LogP contribution in [0.4, 0.5) is 0 Å². The summed E-state index contributed by atoms with van der Waals surface area (Å²) in [6, 6.07) is 4.90. The number of rotatable bonds is 8. The van der Waals surface area contributed by atoms with Gasteiger partial charge in [-0.3, -0.25) is 0 Å². The van der Waals surface area contributed by atoms with E-state index in [2.05, 4.69) is 6.92 Å². The molecule has 0 aliphatic rings. The zero-order valence-corrected chi connectivity index (χ0v) is 12.2. The molecule has 0 aliphatic heterocycles. The number of aliphatic hydroxyl groups is 1. The van der Waals surface area contributed by atoms with Gasteiger partial charge in [-0.1, -0.05) is 13.3 Å². The zero-order chi connectivity index (χ0) is 15.0. The van der Waals surface area contributed by atoms with Crippen LogP contribution >= 0.6 is 0 Å². The van der Waals surface area contributed by atoms with E-state index < -0.39 is 5.97 Å². The number of esters is 1. The summed E-state index contributed by atoms with van der Waals surface area (Å²) in [5.41, 5.74) is 0.363. The molecule has 0 saturated carbocycles. The van der Waals surface area contributed by atoms with Crippen molar-refractivity contribution >= 4 is 5.97 Å². The molecule has 1 rings (SSSR count). The summed E-state index contributed by atoms with van der Waals surface area (Å²) < 4.78 is 15.8. The molecule has 5 heteroatoms. The molecule has 112 valence electrons. The number of hydrogen-bond acceptors (Lipinski definition) is 5. The van der Waals surface area contributed by atoms with Crippen molar-refractivity contribution in [1.29, 1.82) is 0 Å². The van der Waals surface area contributed by atoms with Gasteiger partial charge in [-0.2, -0.15) is 0 Å². The number of aliphatic hydroxyl groups excluding tert-OH is 1. The number of carbonyl (C=O) groups excluding carboxylic acids is 1. The lowest BCUT2D eigenvalue weighted by atomic mass is 10.2. The third kappa shape index (κ3) is 5.09. The maximum Gasteiger partial charge on any atom is 0.338 e. The van der Waals surface area contributed by atoms with Crippen molar-refractivity contribution in [3.8, 4) is 11.5 Å². The molecule has 1 aromatic carbocycles. The molecule has 0 fully saturated rings. The van der Waals surface area contributed by atoms with E-state index in [0.29, 0.717) is 23.7 Å². The van der Waals surface area contributed by atoms with Gasteiger partial charge in [0.25, 0.3) is 0 Å². The van der Waals surface area contributed by atoms with Crippen LogP contribution in [0.25, 0.3) is 0 Å². The Morgan fingerprint density at radius 3 is 2.60 bits per heavy atom. The Labute approximate surface area is 119 Å². The van der Waals surface area contributed by atoms with Crippen LogP contribution in [0, 0.1) is 0 Å². The first kappa shape index (κ1) is 16.3. The first-order valence-corrected chi connectivity index (χ1v) is 6.74. The predicted molar refractivity (Wildman–Crippen MR) is 75.4 cm³/mol. The van der Waals surface area contributed by atoms with Crippen molar-refractivity contribution in [3.63, 3.8) is 0 Å². The Hall–Kier alpha value is -1.75. The topological polar surface area (TPSA) is 65.0 Å². The van der Waals surface area contributed by atoms with Crippen LogP contribution in [-0.4, -0.2) is 37.5 Å². The number of unbranched alkanes of at least 4 members (excludes halogenated alkanes) is 1. The number of benzene rings is 1. The number of carbonyl (C=O) groups is 1. The van der Waals surface area contributed by atoms with E-state index in [9.17, 15) is 4.79 Å². The first-order valence-electron chi connectivity index (χ1n) is 6.74. The Morgan fingerprint density at radius 1 is 1.30 bits per heavy atom. The highest BCUT2D eigenvalue weighted by atomic mass is 16.5. The summed E-state index contributed by atoms with van der Waals surface area (Å²) in [5.74, 6) is 0.579. The van der Waals surface area contributed by atoms with Gasteiger partial charge in [0, 0.05) is 6.07 Å². The second-order valence-electron chi connectivity index (χ2n) is 4.50.